The summed E-state index contributed by atoms with van der Waals surface area (Å²) in [6.07, 6.45) is 0. The number of hydrogen-bond donors (Lipinski definition) is 0. The highest BCUT2D eigenvalue weighted by Gasteiger charge is 2.17. The van der Waals surface area contributed by atoms with Crippen LogP contribution in [0.2, 0.25) is 0 Å². The largest absolute Gasteiger partial charge is 0.456 e. The zero-order valence-corrected chi connectivity index (χ0v) is 26.5. The van der Waals surface area contributed by atoms with Crippen molar-refractivity contribution in [2.45, 2.75) is 0 Å². The van der Waals surface area contributed by atoms with E-state index in [2.05, 4.69) is 157 Å². The Morgan fingerprint density at radius 3 is 1.59 bits per heavy atom. The van der Waals surface area contributed by atoms with Crippen LogP contribution in [-0.4, -0.2) is 0 Å². The van der Waals surface area contributed by atoms with Gasteiger partial charge in [-0.2, -0.15) is 0 Å². The molecule has 0 atom stereocenters. The topological polar surface area (TPSA) is 29.5 Å². The van der Waals surface area contributed by atoms with Gasteiger partial charge in [-0.1, -0.05) is 103 Å². The summed E-state index contributed by atoms with van der Waals surface area (Å²) in [6.45, 7) is 0. The van der Waals surface area contributed by atoms with Crippen molar-refractivity contribution in [2.24, 2.45) is 0 Å². The van der Waals surface area contributed by atoms with E-state index in [0.717, 1.165) is 77.6 Å². The van der Waals surface area contributed by atoms with Crippen molar-refractivity contribution in [3.63, 3.8) is 0 Å². The quantitative estimate of drug-likeness (QED) is 0.190. The molecular weight excluding hydrogens is 599 g/mol. The van der Waals surface area contributed by atoms with Crippen LogP contribution in [0, 0.1) is 0 Å². The molecule has 0 bridgehead atoms. The number of nitrogens with zero attached hydrogens (tertiary/aromatic N) is 1. The molecule has 0 amide bonds. The fourth-order valence-electron chi connectivity index (χ4n) is 7.20. The highest BCUT2D eigenvalue weighted by atomic mass is 16.3. The van der Waals surface area contributed by atoms with Gasteiger partial charge in [0.25, 0.3) is 0 Å². The molecule has 0 N–H and O–H groups in total. The van der Waals surface area contributed by atoms with Crippen molar-refractivity contribution in [2.75, 3.05) is 4.90 Å². The van der Waals surface area contributed by atoms with Gasteiger partial charge in [0, 0.05) is 44.7 Å². The van der Waals surface area contributed by atoms with Crippen molar-refractivity contribution in [3.05, 3.63) is 176 Å². The van der Waals surface area contributed by atoms with Crippen LogP contribution in [0.1, 0.15) is 0 Å². The van der Waals surface area contributed by atoms with Crippen LogP contribution in [0.25, 0.3) is 76.9 Å². The molecule has 3 nitrogen and oxygen atoms in total. The lowest BCUT2D eigenvalue weighted by Gasteiger charge is -2.26. The molecule has 10 aromatic rings. The van der Waals surface area contributed by atoms with Gasteiger partial charge in [-0.25, -0.2) is 0 Å². The van der Waals surface area contributed by atoms with Gasteiger partial charge in [0.1, 0.15) is 22.3 Å². The molecule has 49 heavy (non-hydrogen) atoms. The lowest BCUT2D eigenvalue weighted by Crippen LogP contribution is -2.10. The summed E-state index contributed by atoms with van der Waals surface area (Å²) in [5, 5.41) is 6.98. The Bertz CT molecular complexity index is 2840. The van der Waals surface area contributed by atoms with Gasteiger partial charge in [-0.3, -0.25) is 0 Å². The lowest BCUT2D eigenvalue weighted by molar-refractivity contribution is 0.668. The van der Waals surface area contributed by atoms with Crippen LogP contribution in [0.15, 0.2) is 185 Å². The van der Waals surface area contributed by atoms with E-state index in [1.54, 1.807) is 0 Å². The number of hydrogen-bond acceptors (Lipinski definition) is 3. The van der Waals surface area contributed by atoms with E-state index in [1.165, 1.54) is 16.3 Å². The van der Waals surface area contributed by atoms with Crippen LogP contribution in [0.3, 0.4) is 0 Å². The molecule has 2 heterocycles. The van der Waals surface area contributed by atoms with Crippen LogP contribution in [-0.2, 0) is 0 Å². The van der Waals surface area contributed by atoms with Crippen molar-refractivity contribution in [3.8, 4) is 22.3 Å². The van der Waals surface area contributed by atoms with E-state index in [0.29, 0.717) is 0 Å². The summed E-state index contributed by atoms with van der Waals surface area (Å²) in [6, 6.07) is 62.2. The van der Waals surface area contributed by atoms with E-state index in [9.17, 15) is 0 Å². The summed E-state index contributed by atoms with van der Waals surface area (Å²) in [7, 11) is 0. The molecule has 0 saturated heterocycles. The van der Waals surface area contributed by atoms with Crippen molar-refractivity contribution >= 4 is 71.7 Å². The first-order valence-electron chi connectivity index (χ1n) is 16.6. The van der Waals surface area contributed by atoms with Crippen molar-refractivity contribution in [1.82, 2.24) is 0 Å². The normalized spacial score (nSPS) is 11.7. The number of furan rings is 2. The molecule has 0 aliphatic rings. The summed E-state index contributed by atoms with van der Waals surface area (Å²) >= 11 is 0. The number of para-hydroxylation sites is 2. The van der Waals surface area contributed by atoms with Crippen LogP contribution in [0.4, 0.5) is 17.1 Å². The highest BCUT2D eigenvalue weighted by Crippen LogP contribution is 2.41. The van der Waals surface area contributed by atoms with E-state index in [-0.39, 0.29) is 0 Å². The Hall–Kier alpha value is -6.58. The molecule has 0 unspecified atom stereocenters. The fourth-order valence-corrected chi connectivity index (χ4v) is 7.20. The average Bonchev–Trinajstić information content (AvgIpc) is 3.73. The third kappa shape index (κ3) is 4.67. The van der Waals surface area contributed by atoms with Crippen molar-refractivity contribution < 1.29 is 8.83 Å². The average molecular weight is 628 g/mol. The van der Waals surface area contributed by atoms with Crippen LogP contribution in [0.5, 0.6) is 0 Å². The SMILES string of the molecule is c1cc(-c2ccc3ccccc3c2)cc(N(c2ccc(-c3ccc4c(c3)oc3ccccc34)cc2)c2ccc3c(c2)oc2ccccc23)c1. The van der Waals surface area contributed by atoms with Gasteiger partial charge in [-0.15, -0.1) is 0 Å². The van der Waals surface area contributed by atoms with E-state index < -0.39 is 0 Å². The maximum atomic E-state index is 6.35. The molecule has 230 valence electrons. The predicted molar refractivity (Wildman–Crippen MR) is 204 cm³/mol. The number of benzene rings is 8. The molecule has 2 aromatic heterocycles. The molecule has 0 fully saturated rings. The van der Waals surface area contributed by atoms with Gasteiger partial charge in [0.15, 0.2) is 0 Å². The molecule has 8 aromatic carbocycles. The lowest BCUT2D eigenvalue weighted by atomic mass is 10.00. The first kappa shape index (κ1) is 27.5. The Labute approximate surface area is 282 Å². The van der Waals surface area contributed by atoms with Gasteiger partial charge >= 0.3 is 0 Å². The molecule has 0 aliphatic heterocycles. The Morgan fingerprint density at radius 2 is 0.816 bits per heavy atom. The second kappa shape index (κ2) is 11.0. The van der Waals surface area contributed by atoms with E-state index in [4.69, 9.17) is 8.83 Å². The standard InChI is InChI=1S/C46H29NO2/c1-2-9-32-26-34(17-16-30(32)8-1)33-10-7-11-37(27-33)47(38-23-25-42-40-13-4-6-15-44(40)49-46(42)29-38)36-21-18-31(19-22-36)35-20-24-41-39-12-3-5-14-43(39)48-45(41)28-35/h1-29H. The third-order valence-corrected chi connectivity index (χ3v) is 9.65. The smallest absolute Gasteiger partial charge is 0.137 e. The second-order valence-corrected chi connectivity index (χ2v) is 12.6. The highest BCUT2D eigenvalue weighted by molar-refractivity contribution is 6.07. The van der Waals surface area contributed by atoms with Gasteiger partial charge in [0.2, 0.25) is 0 Å². The first-order chi connectivity index (χ1) is 24.2. The van der Waals surface area contributed by atoms with Crippen molar-refractivity contribution in [1.29, 1.82) is 0 Å². The van der Waals surface area contributed by atoms with E-state index >= 15 is 0 Å². The molecule has 0 spiro atoms. The number of anilines is 3. The number of fused-ring (bicyclic) bond motifs is 7. The van der Waals surface area contributed by atoms with Gasteiger partial charge in [-0.05, 0) is 99.8 Å². The molecule has 3 heteroatoms. The number of rotatable bonds is 5. The van der Waals surface area contributed by atoms with Crippen LogP contribution >= 0.6 is 0 Å². The summed E-state index contributed by atoms with van der Waals surface area (Å²) < 4.78 is 12.6. The molecular formula is C46H29NO2. The molecule has 0 aliphatic carbocycles. The summed E-state index contributed by atoms with van der Waals surface area (Å²) in [5.41, 5.74) is 11.3. The van der Waals surface area contributed by atoms with Crippen LogP contribution < -0.4 is 4.90 Å². The summed E-state index contributed by atoms with van der Waals surface area (Å²) in [5.74, 6) is 0. The first-order valence-corrected chi connectivity index (χ1v) is 16.6. The zero-order chi connectivity index (χ0) is 32.3. The Morgan fingerprint density at radius 1 is 0.286 bits per heavy atom. The Kier molecular flexibility index (Phi) is 6.18. The predicted octanol–water partition coefficient (Wildman–Crippen LogP) is 13.4. The third-order valence-electron chi connectivity index (χ3n) is 9.65. The molecule has 0 radical (unpaired) electrons. The molecule has 0 saturated carbocycles. The van der Waals surface area contributed by atoms with Gasteiger partial charge < -0.3 is 13.7 Å². The Balaban J connectivity index is 1.09. The maximum absolute atomic E-state index is 6.35. The van der Waals surface area contributed by atoms with E-state index in [1.807, 2.05) is 24.3 Å². The van der Waals surface area contributed by atoms with Gasteiger partial charge in [0.05, 0.1) is 0 Å². The minimum Gasteiger partial charge on any atom is -0.456 e. The minimum atomic E-state index is 0.866. The minimum absolute atomic E-state index is 0.866. The zero-order valence-electron chi connectivity index (χ0n) is 26.5. The summed E-state index contributed by atoms with van der Waals surface area (Å²) in [4.78, 5) is 2.31. The fraction of sp³-hybridized carbons (Fsp3) is 0. The second-order valence-electron chi connectivity index (χ2n) is 12.6. The molecule has 10 rings (SSSR count). The monoisotopic (exact) mass is 627 g/mol. The maximum Gasteiger partial charge on any atom is 0.137 e.